The van der Waals surface area contributed by atoms with E-state index >= 15 is 0 Å². The van der Waals surface area contributed by atoms with E-state index in [9.17, 15) is 14.4 Å². The number of carbonyl (C=O) groups is 3. The van der Waals surface area contributed by atoms with Crippen molar-refractivity contribution in [3.05, 3.63) is 46.4 Å². The van der Waals surface area contributed by atoms with Gasteiger partial charge in [-0.15, -0.1) is 11.3 Å². The van der Waals surface area contributed by atoms with Crippen molar-refractivity contribution in [2.75, 3.05) is 0 Å². The highest BCUT2D eigenvalue weighted by atomic mass is 32.1. The van der Waals surface area contributed by atoms with E-state index in [0.717, 1.165) is 0 Å². The zero-order chi connectivity index (χ0) is 16.8. The Morgan fingerprint density at radius 1 is 1.09 bits per heavy atom. The number of hydrogen-bond acceptors (Lipinski definition) is 4. The van der Waals surface area contributed by atoms with Crippen LogP contribution in [-0.4, -0.2) is 28.7 Å². The van der Waals surface area contributed by atoms with Crippen LogP contribution in [0, 0.1) is 5.92 Å². The molecule has 0 aliphatic carbocycles. The third-order valence-corrected chi connectivity index (χ3v) is 3.99. The molecular weight excluding hydrogens is 316 g/mol. The van der Waals surface area contributed by atoms with Crippen LogP contribution in [0.2, 0.25) is 0 Å². The van der Waals surface area contributed by atoms with Gasteiger partial charge in [-0.1, -0.05) is 19.9 Å². The van der Waals surface area contributed by atoms with Gasteiger partial charge in [0.05, 0.1) is 4.88 Å². The number of aromatic nitrogens is 1. The largest absolute Gasteiger partial charge is 0.357 e. The second kappa shape index (κ2) is 7.59. The van der Waals surface area contributed by atoms with E-state index in [1.165, 1.54) is 11.3 Å². The first-order valence-electron chi connectivity index (χ1n) is 7.07. The van der Waals surface area contributed by atoms with Gasteiger partial charge < -0.3 is 10.3 Å². The average molecular weight is 334 g/mol. The fourth-order valence-corrected chi connectivity index (χ4v) is 2.52. The molecule has 0 fully saturated rings. The Morgan fingerprint density at radius 3 is 2.43 bits per heavy atom. The van der Waals surface area contributed by atoms with Crippen LogP contribution in [0.4, 0.5) is 0 Å². The number of hydrogen-bond donors (Lipinski definition) is 4. The van der Waals surface area contributed by atoms with Crippen molar-refractivity contribution in [1.82, 2.24) is 21.2 Å². The van der Waals surface area contributed by atoms with E-state index in [1.807, 2.05) is 13.8 Å². The molecule has 0 saturated carbocycles. The predicted molar refractivity (Wildman–Crippen MR) is 86.8 cm³/mol. The molecule has 0 spiro atoms. The van der Waals surface area contributed by atoms with E-state index in [4.69, 9.17) is 0 Å². The summed E-state index contributed by atoms with van der Waals surface area (Å²) in [7, 11) is 0. The first-order valence-corrected chi connectivity index (χ1v) is 7.95. The van der Waals surface area contributed by atoms with Crippen LogP contribution in [0.3, 0.4) is 0 Å². The molecule has 4 N–H and O–H groups in total. The summed E-state index contributed by atoms with van der Waals surface area (Å²) in [5, 5.41) is 4.47. The number of hydrazine groups is 1. The summed E-state index contributed by atoms with van der Waals surface area (Å²) in [5.41, 5.74) is 4.97. The molecule has 3 amide bonds. The molecule has 1 unspecified atom stereocenters. The van der Waals surface area contributed by atoms with Crippen molar-refractivity contribution in [3.8, 4) is 0 Å². The van der Waals surface area contributed by atoms with Gasteiger partial charge in [-0.3, -0.25) is 25.2 Å². The second-order valence-corrected chi connectivity index (χ2v) is 6.15. The van der Waals surface area contributed by atoms with Crippen molar-refractivity contribution >= 4 is 29.1 Å². The van der Waals surface area contributed by atoms with E-state index in [-0.39, 0.29) is 11.8 Å². The van der Waals surface area contributed by atoms with Crippen LogP contribution in [0.25, 0.3) is 0 Å². The summed E-state index contributed by atoms with van der Waals surface area (Å²) in [6.45, 7) is 3.62. The lowest BCUT2D eigenvalue weighted by atomic mass is 10.0. The molecule has 0 radical (unpaired) electrons. The van der Waals surface area contributed by atoms with Crippen molar-refractivity contribution in [1.29, 1.82) is 0 Å². The zero-order valence-corrected chi connectivity index (χ0v) is 13.6. The minimum Gasteiger partial charge on any atom is -0.357 e. The molecule has 2 aromatic rings. The maximum atomic E-state index is 12.2. The molecule has 0 bridgehead atoms. The number of nitrogens with one attached hydrogen (secondary N) is 4. The lowest BCUT2D eigenvalue weighted by Gasteiger charge is -2.21. The van der Waals surface area contributed by atoms with Gasteiger partial charge in [-0.2, -0.15) is 0 Å². The predicted octanol–water partition coefficient (Wildman–Crippen LogP) is 1.29. The molecule has 8 heteroatoms. The summed E-state index contributed by atoms with van der Waals surface area (Å²) in [6, 6.07) is 5.95. The highest BCUT2D eigenvalue weighted by Crippen LogP contribution is 2.10. The van der Waals surface area contributed by atoms with Crippen LogP contribution in [-0.2, 0) is 4.79 Å². The van der Waals surface area contributed by atoms with Crippen molar-refractivity contribution in [3.63, 3.8) is 0 Å². The number of amides is 3. The van der Waals surface area contributed by atoms with Gasteiger partial charge in [-0.05, 0) is 29.5 Å². The monoisotopic (exact) mass is 334 g/mol. The van der Waals surface area contributed by atoms with Crippen LogP contribution in [0.15, 0.2) is 35.8 Å². The third kappa shape index (κ3) is 4.43. The second-order valence-electron chi connectivity index (χ2n) is 5.20. The summed E-state index contributed by atoms with van der Waals surface area (Å²) in [4.78, 5) is 39.3. The van der Waals surface area contributed by atoms with E-state index < -0.39 is 17.9 Å². The summed E-state index contributed by atoms with van der Waals surface area (Å²) >= 11 is 1.30. The van der Waals surface area contributed by atoms with E-state index in [1.54, 1.807) is 35.8 Å². The fourth-order valence-electron chi connectivity index (χ4n) is 1.89. The summed E-state index contributed by atoms with van der Waals surface area (Å²) in [5.74, 6) is -1.40. The molecule has 2 heterocycles. The maximum absolute atomic E-state index is 12.2. The number of aromatic amines is 1. The minimum atomic E-state index is -0.756. The van der Waals surface area contributed by atoms with E-state index in [2.05, 4.69) is 21.2 Å². The Morgan fingerprint density at radius 2 is 1.87 bits per heavy atom. The lowest BCUT2D eigenvalue weighted by Crippen LogP contribution is -2.54. The minimum absolute atomic E-state index is 0.138. The van der Waals surface area contributed by atoms with Gasteiger partial charge in [0.2, 0.25) is 0 Å². The molecule has 2 rings (SSSR count). The Labute approximate surface area is 137 Å². The van der Waals surface area contributed by atoms with Crippen molar-refractivity contribution in [2.24, 2.45) is 5.92 Å². The molecule has 1 atom stereocenters. The smallest absolute Gasteiger partial charge is 0.286 e. The summed E-state index contributed by atoms with van der Waals surface area (Å²) < 4.78 is 0. The Kier molecular flexibility index (Phi) is 5.53. The first kappa shape index (κ1) is 16.8. The van der Waals surface area contributed by atoms with Crippen LogP contribution >= 0.6 is 11.3 Å². The van der Waals surface area contributed by atoms with Crippen molar-refractivity contribution < 1.29 is 14.4 Å². The SMILES string of the molecule is CC(C)C(NC(=O)c1cccs1)C(=O)NNC(=O)c1ccc[nH]1. The summed E-state index contributed by atoms with van der Waals surface area (Å²) in [6.07, 6.45) is 1.61. The zero-order valence-electron chi connectivity index (χ0n) is 12.8. The number of rotatable bonds is 5. The van der Waals surface area contributed by atoms with Gasteiger partial charge >= 0.3 is 0 Å². The first-order chi connectivity index (χ1) is 11.0. The van der Waals surface area contributed by atoms with Gasteiger partial charge in [0.25, 0.3) is 17.7 Å². The number of carbonyl (C=O) groups excluding carboxylic acids is 3. The van der Waals surface area contributed by atoms with Gasteiger partial charge in [0, 0.05) is 6.20 Å². The molecule has 0 saturated heterocycles. The standard InChI is InChI=1S/C15H18N4O3S/c1-9(2)12(17-14(21)11-6-4-8-23-11)15(22)19-18-13(20)10-5-3-7-16-10/h3-9,12,16H,1-2H3,(H,17,21)(H,18,20)(H,19,22). The third-order valence-electron chi connectivity index (χ3n) is 3.12. The highest BCUT2D eigenvalue weighted by Gasteiger charge is 2.25. The number of thiophene rings is 1. The average Bonchev–Trinajstić information content (AvgIpc) is 3.22. The topological polar surface area (TPSA) is 103 Å². The number of H-pyrrole nitrogens is 1. The highest BCUT2D eigenvalue weighted by molar-refractivity contribution is 7.12. The Bertz CT molecular complexity index is 665. The van der Waals surface area contributed by atoms with Crippen LogP contribution in [0.5, 0.6) is 0 Å². The quantitative estimate of drug-likeness (QED) is 0.620. The van der Waals surface area contributed by atoms with E-state index in [0.29, 0.717) is 10.6 Å². The molecule has 0 aliphatic heterocycles. The normalized spacial score (nSPS) is 11.8. The maximum Gasteiger partial charge on any atom is 0.286 e. The molecule has 2 aromatic heterocycles. The molecule has 7 nitrogen and oxygen atoms in total. The van der Waals surface area contributed by atoms with Crippen molar-refractivity contribution in [2.45, 2.75) is 19.9 Å². The van der Waals surface area contributed by atoms with Gasteiger partial charge in [0.15, 0.2) is 0 Å². The van der Waals surface area contributed by atoms with Gasteiger partial charge in [-0.25, -0.2) is 0 Å². The molecule has 122 valence electrons. The van der Waals surface area contributed by atoms with Crippen LogP contribution < -0.4 is 16.2 Å². The molecular formula is C15H18N4O3S. The fraction of sp³-hybridized carbons (Fsp3) is 0.267. The van der Waals surface area contributed by atoms with Crippen LogP contribution in [0.1, 0.15) is 34.0 Å². The molecule has 0 aliphatic rings. The van der Waals surface area contributed by atoms with Gasteiger partial charge in [0.1, 0.15) is 11.7 Å². The molecule has 0 aromatic carbocycles. The lowest BCUT2D eigenvalue weighted by molar-refractivity contribution is -0.124. The molecule has 23 heavy (non-hydrogen) atoms. The Balaban J connectivity index is 1.93. The Hall–Kier alpha value is -2.61.